The van der Waals surface area contributed by atoms with E-state index in [1.807, 2.05) is 24.3 Å². The molecule has 7 nitrogen and oxygen atoms in total. The summed E-state index contributed by atoms with van der Waals surface area (Å²) in [6, 6.07) is 7.97. The molecule has 24 heavy (non-hydrogen) atoms. The van der Waals surface area contributed by atoms with E-state index in [4.69, 9.17) is 5.73 Å². The Morgan fingerprint density at radius 3 is 2.79 bits per heavy atom. The first-order valence-corrected chi connectivity index (χ1v) is 8.65. The largest absolute Gasteiger partial charge is 0.371 e. The molecule has 1 aliphatic rings. The van der Waals surface area contributed by atoms with Crippen LogP contribution in [0.25, 0.3) is 0 Å². The van der Waals surface area contributed by atoms with Crippen molar-refractivity contribution in [1.82, 2.24) is 14.9 Å². The molecule has 0 aliphatic carbocycles. The number of carbonyl (C=O) groups is 2. The number of piperidine rings is 1. The van der Waals surface area contributed by atoms with Crippen LogP contribution in [-0.4, -0.2) is 34.5 Å². The standard InChI is InChI=1S/C16H19N5O2S/c17-15(22)12-2-1-7-21(9-12)13-5-3-11(4-6-13)8-18-16(23)14-10-24-20-19-14/h3-6,10,12H,1-2,7-9H2,(H2,17,22)(H,18,23)/t12-/m0/s1. The summed E-state index contributed by atoms with van der Waals surface area (Å²) in [5.74, 6) is -0.534. The fourth-order valence-corrected chi connectivity index (χ4v) is 3.24. The second kappa shape index (κ2) is 7.39. The minimum absolute atomic E-state index is 0.0792. The SMILES string of the molecule is NC(=O)[C@H]1CCCN(c2ccc(CNC(=O)c3csnn3)cc2)C1. The zero-order chi connectivity index (χ0) is 16.9. The predicted octanol–water partition coefficient (Wildman–Crippen LogP) is 1.17. The lowest BCUT2D eigenvalue weighted by Crippen LogP contribution is -2.41. The smallest absolute Gasteiger partial charge is 0.273 e. The molecule has 0 bridgehead atoms. The van der Waals surface area contributed by atoms with Gasteiger partial charge in [0.25, 0.3) is 5.91 Å². The molecule has 1 saturated heterocycles. The molecule has 1 fully saturated rings. The molecule has 3 rings (SSSR count). The van der Waals surface area contributed by atoms with Gasteiger partial charge in [-0.1, -0.05) is 16.6 Å². The van der Waals surface area contributed by atoms with Gasteiger partial charge in [-0.25, -0.2) is 0 Å². The van der Waals surface area contributed by atoms with Crippen LogP contribution in [0.2, 0.25) is 0 Å². The Morgan fingerprint density at radius 1 is 1.33 bits per heavy atom. The monoisotopic (exact) mass is 345 g/mol. The quantitative estimate of drug-likeness (QED) is 0.847. The van der Waals surface area contributed by atoms with E-state index in [-0.39, 0.29) is 17.7 Å². The molecule has 2 heterocycles. The van der Waals surface area contributed by atoms with Gasteiger partial charge in [-0.15, -0.1) is 5.10 Å². The van der Waals surface area contributed by atoms with Crippen LogP contribution in [0, 0.1) is 5.92 Å². The average Bonchev–Trinajstić information content (AvgIpc) is 3.15. The van der Waals surface area contributed by atoms with Crippen LogP contribution in [0.4, 0.5) is 5.69 Å². The highest BCUT2D eigenvalue weighted by molar-refractivity contribution is 7.03. The Hall–Kier alpha value is -2.48. The highest BCUT2D eigenvalue weighted by atomic mass is 32.1. The third-order valence-corrected chi connectivity index (χ3v) is 4.68. The van der Waals surface area contributed by atoms with Gasteiger partial charge in [-0.3, -0.25) is 9.59 Å². The molecule has 1 aliphatic heterocycles. The first-order chi connectivity index (χ1) is 11.6. The number of anilines is 1. The van der Waals surface area contributed by atoms with Gasteiger partial charge in [-0.2, -0.15) is 0 Å². The van der Waals surface area contributed by atoms with Gasteiger partial charge >= 0.3 is 0 Å². The van der Waals surface area contributed by atoms with Gasteiger partial charge in [0, 0.05) is 30.7 Å². The molecule has 0 unspecified atom stereocenters. The normalized spacial score (nSPS) is 17.5. The van der Waals surface area contributed by atoms with Crippen molar-refractivity contribution in [2.75, 3.05) is 18.0 Å². The molecule has 126 valence electrons. The lowest BCUT2D eigenvalue weighted by atomic mass is 9.97. The summed E-state index contributed by atoms with van der Waals surface area (Å²) in [6.07, 6.45) is 1.83. The van der Waals surface area contributed by atoms with Gasteiger partial charge in [0.15, 0.2) is 5.69 Å². The molecule has 0 saturated carbocycles. The number of hydrogen-bond acceptors (Lipinski definition) is 6. The van der Waals surface area contributed by atoms with Gasteiger partial charge in [-0.05, 0) is 42.1 Å². The van der Waals surface area contributed by atoms with Crippen molar-refractivity contribution in [2.45, 2.75) is 19.4 Å². The van der Waals surface area contributed by atoms with Crippen molar-refractivity contribution in [2.24, 2.45) is 11.7 Å². The molecule has 8 heteroatoms. The van der Waals surface area contributed by atoms with E-state index in [9.17, 15) is 9.59 Å². The number of hydrogen-bond donors (Lipinski definition) is 2. The summed E-state index contributed by atoms with van der Waals surface area (Å²) < 4.78 is 3.67. The van der Waals surface area contributed by atoms with Crippen molar-refractivity contribution in [3.63, 3.8) is 0 Å². The van der Waals surface area contributed by atoms with Gasteiger partial charge < -0.3 is 16.0 Å². The Balaban J connectivity index is 1.57. The molecule has 0 spiro atoms. The molecular formula is C16H19N5O2S. The van der Waals surface area contributed by atoms with E-state index in [0.717, 1.165) is 42.2 Å². The molecule has 0 radical (unpaired) electrons. The van der Waals surface area contributed by atoms with Crippen LogP contribution in [0.3, 0.4) is 0 Å². The number of nitrogens with zero attached hydrogens (tertiary/aromatic N) is 3. The second-order valence-electron chi connectivity index (χ2n) is 5.83. The topological polar surface area (TPSA) is 101 Å². The maximum Gasteiger partial charge on any atom is 0.273 e. The fraction of sp³-hybridized carbons (Fsp3) is 0.375. The number of benzene rings is 1. The number of nitrogens with one attached hydrogen (secondary N) is 1. The maximum absolute atomic E-state index is 11.8. The van der Waals surface area contributed by atoms with Gasteiger partial charge in [0.2, 0.25) is 5.91 Å². The molecule has 3 N–H and O–H groups in total. The number of aromatic nitrogens is 2. The lowest BCUT2D eigenvalue weighted by molar-refractivity contribution is -0.122. The van der Waals surface area contributed by atoms with Gasteiger partial charge in [0.1, 0.15) is 0 Å². The van der Waals surface area contributed by atoms with E-state index in [1.165, 1.54) is 0 Å². The molecule has 1 atom stereocenters. The van der Waals surface area contributed by atoms with Crippen molar-refractivity contribution in [3.05, 3.63) is 40.9 Å². The summed E-state index contributed by atoms with van der Waals surface area (Å²) in [4.78, 5) is 25.4. The number of primary amides is 1. The van der Waals surface area contributed by atoms with Crippen molar-refractivity contribution < 1.29 is 9.59 Å². The van der Waals surface area contributed by atoms with E-state index in [1.54, 1.807) is 5.38 Å². The fourth-order valence-electron chi connectivity index (χ4n) is 2.80. The highest BCUT2D eigenvalue weighted by Gasteiger charge is 2.24. The first kappa shape index (κ1) is 16.4. The summed E-state index contributed by atoms with van der Waals surface area (Å²) in [5.41, 5.74) is 7.83. The Bertz CT molecular complexity index is 702. The Labute approximate surface area is 144 Å². The van der Waals surface area contributed by atoms with Crippen molar-refractivity contribution >= 4 is 29.0 Å². The van der Waals surface area contributed by atoms with E-state index in [2.05, 4.69) is 19.8 Å². The van der Waals surface area contributed by atoms with Crippen molar-refractivity contribution in [3.8, 4) is 0 Å². The molecule has 1 aromatic heterocycles. The predicted molar refractivity (Wildman–Crippen MR) is 91.7 cm³/mol. The number of amides is 2. The average molecular weight is 345 g/mol. The van der Waals surface area contributed by atoms with Crippen LogP contribution < -0.4 is 16.0 Å². The third-order valence-electron chi connectivity index (χ3n) is 4.17. The number of nitrogens with two attached hydrogens (primary N) is 1. The molecular weight excluding hydrogens is 326 g/mol. The molecule has 2 aromatic rings. The summed E-state index contributed by atoms with van der Waals surface area (Å²) in [7, 11) is 0. The maximum atomic E-state index is 11.8. The minimum atomic E-state index is -0.229. The number of rotatable bonds is 5. The minimum Gasteiger partial charge on any atom is -0.371 e. The van der Waals surface area contributed by atoms with Crippen LogP contribution >= 0.6 is 11.5 Å². The van der Waals surface area contributed by atoms with Crippen molar-refractivity contribution in [1.29, 1.82) is 0 Å². The zero-order valence-corrected chi connectivity index (χ0v) is 14.0. The first-order valence-electron chi connectivity index (χ1n) is 7.82. The Morgan fingerprint density at radius 2 is 2.12 bits per heavy atom. The van der Waals surface area contributed by atoms with Crippen LogP contribution in [0.1, 0.15) is 28.9 Å². The van der Waals surface area contributed by atoms with E-state index in [0.29, 0.717) is 18.8 Å². The van der Waals surface area contributed by atoms with E-state index < -0.39 is 0 Å². The second-order valence-corrected chi connectivity index (χ2v) is 6.44. The zero-order valence-electron chi connectivity index (χ0n) is 13.1. The van der Waals surface area contributed by atoms with Crippen LogP contribution in [0.15, 0.2) is 29.6 Å². The summed E-state index contributed by atoms with van der Waals surface area (Å²) in [6.45, 7) is 2.03. The summed E-state index contributed by atoms with van der Waals surface area (Å²) >= 11 is 1.15. The van der Waals surface area contributed by atoms with E-state index >= 15 is 0 Å². The van der Waals surface area contributed by atoms with Gasteiger partial charge in [0.05, 0.1) is 5.92 Å². The van der Waals surface area contributed by atoms with Crippen LogP contribution in [0.5, 0.6) is 0 Å². The molecule has 1 aromatic carbocycles. The number of carbonyl (C=O) groups excluding carboxylic acids is 2. The third kappa shape index (κ3) is 3.88. The lowest BCUT2D eigenvalue weighted by Gasteiger charge is -2.33. The molecule has 2 amide bonds. The van der Waals surface area contributed by atoms with Crippen LogP contribution in [-0.2, 0) is 11.3 Å². The Kier molecular flexibility index (Phi) is 5.05. The summed E-state index contributed by atoms with van der Waals surface area (Å²) in [5, 5.41) is 8.16. The highest BCUT2D eigenvalue weighted by Crippen LogP contribution is 2.23.